The maximum absolute atomic E-state index is 12.1. The Morgan fingerprint density at radius 3 is 2.78 bits per heavy atom. The number of aryl methyl sites for hydroxylation is 1. The molecule has 0 radical (unpaired) electrons. The number of aromatic nitrogens is 3. The number of rotatable bonds is 4. The third-order valence-corrected chi connectivity index (χ3v) is 3.37. The fraction of sp³-hybridized carbons (Fsp3) is 0.750. The summed E-state index contributed by atoms with van der Waals surface area (Å²) in [6.07, 6.45) is 2.83. The van der Waals surface area contributed by atoms with E-state index in [0.717, 1.165) is 31.8 Å². The molecule has 100 valence electrons. The van der Waals surface area contributed by atoms with Crippen molar-refractivity contribution in [1.29, 1.82) is 0 Å². The number of hydrogen-bond acceptors (Lipinski definition) is 4. The molecule has 0 bridgehead atoms. The second-order valence-corrected chi connectivity index (χ2v) is 4.98. The summed E-state index contributed by atoms with van der Waals surface area (Å²) < 4.78 is 0. The number of carbonyl (C=O) groups excluding carboxylic acids is 1. The number of hydrogen-bond donors (Lipinski definition) is 2. The average molecular weight is 251 g/mol. The lowest BCUT2D eigenvalue weighted by Crippen LogP contribution is -2.33. The van der Waals surface area contributed by atoms with E-state index in [0.29, 0.717) is 24.7 Å². The van der Waals surface area contributed by atoms with E-state index in [1.54, 1.807) is 4.90 Å². The van der Waals surface area contributed by atoms with Crippen molar-refractivity contribution in [3.63, 3.8) is 0 Å². The van der Waals surface area contributed by atoms with Crippen molar-refractivity contribution in [3.8, 4) is 0 Å². The lowest BCUT2D eigenvalue weighted by molar-refractivity contribution is -0.131. The van der Waals surface area contributed by atoms with Crippen LogP contribution in [0.3, 0.4) is 0 Å². The highest BCUT2D eigenvalue weighted by molar-refractivity contribution is 5.76. The standard InChI is InChI=1S/C12H21N5O/c1-9-14-11(16-15-9)8-17(2)12(18)7-10-3-5-13-6-4-10/h10,13H,3-8H2,1-2H3,(H,14,15,16). The Balaban J connectivity index is 1.80. The van der Waals surface area contributed by atoms with Gasteiger partial charge in [-0.1, -0.05) is 0 Å². The first-order valence-corrected chi connectivity index (χ1v) is 6.47. The molecule has 1 aromatic rings. The Morgan fingerprint density at radius 1 is 1.44 bits per heavy atom. The lowest BCUT2D eigenvalue weighted by Gasteiger charge is -2.24. The van der Waals surface area contributed by atoms with Gasteiger partial charge in [0.25, 0.3) is 0 Å². The van der Waals surface area contributed by atoms with Crippen LogP contribution in [-0.2, 0) is 11.3 Å². The normalized spacial score (nSPS) is 16.8. The highest BCUT2D eigenvalue weighted by Crippen LogP contribution is 2.17. The molecule has 1 amide bonds. The van der Waals surface area contributed by atoms with E-state index in [1.807, 2.05) is 14.0 Å². The minimum Gasteiger partial charge on any atom is -0.338 e. The van der Waals surface area contributed by atoms with Crippen molar-refractivity contribution in [2.75, 3.05) is 20.1 Å². The molecule has 0 aliphatic carbocycles. The van der Waals surface area contributed by atoms with Gasteiger partial charge in [0.2, 0.25) is 5.91 Å². The van der Waals surface area contributed by atoms with Crippen molar-refractivity contribution in [1.82, 2.24) is 25.4 Å². The van der Waals surface area contributed by atoms with Crippen LogP contribution in [0.15, 0.2) is 0 Å². The Labute approximate surface area is 107 Å². The fourth-order valence-electron chi connectivity index (χ4n) is 2.25. The monoisotopic (exact) mass is 251 g/mol. The van der Waals surface area contributed by atoms with Crippen molar-refractivity contribution in [2.24, 2.45) is 5.92 Å². The third-order valence-electron chi connectivity index (χ3n) is 3.37. The highest BCUT2D eigenvalue weighted by Gasteiger charge is 2.19. The Kier molecular flexibility index (Phi) is 4.30. The van der Waals surface area contributed by atoms with Crippen LogP contribution >= 0.6 is 0 Å². The van der Waals surface area contributed by atoms with Crippen LogP contribution in [0.25, 0.3) is 0 Å². The first-order valence-electron chi connectivity index (χ1n) is 6.47. The quantitative estimate of drug-likeness (QED) is 0.815. The van der Waals surface area contributed by atoms with E-state index in [-0.39, 0.29) is 5.91 Å². The van der Waals surface area contributed by atoms with Crippen LogP contribution in [0, 0.1) is 12.8 Å². The molecule has 1 aromatic heterocycles. The second kappa shape index (κ2) is 5.95. The van der Waals surface area contributed by atoms with Crippen LogP contribution in [0.1, 0.15) is 30.9 Å². The minimum atomic E-state index is 0.185. The zero-order chi connectivity index (χ0) is 13.0. The summed E-state index contributed by atoms with van der Waals surface area (Å²) in [6, 6.07) is 0. The van der Waals surface area contributed by atoms with Gasteiger partial charge in [0.05, 0.1) is 6.54 Å². The van der Waals surface area contributed by atoms with E-state index in [1.165, 1.54) is 0 Å². The maximum Gasteiger partial charge on any atom is 0.222 e. The number of aromatic amines is 1. The highest BCUT2D eigenvalue weighted by atomic mass is 16.2. The molecular weight excluding hydrogens is 230 g/mol. The molecule has 0 saturated carbocycles. The summed E-state index contributed by atoms with van der Waals surface area (Å²) in [5.41, 5.74) is 0. The zero-order valence-corrected chi connectivity index (χ0v) is 11.1. The predicted octanol–water partition coefficient (Wildman–Crippen LogP) is 0.461. The van der Waals surface area contributed by atoms with E-state index in [2.05, 4.69) is 20.5 Å². The molecule has 2 rings (SSSR count). The lowest BCUT2D eigenvalue weighted by atomic mass is 9.94. The fourth-order valence-corrected chi connectivity index (χ4v) is 2.25. The summed E-state index contributed by atoms with van der Waals surface area (Å²) in [5, 5.41) is 10.1. The number of amides is 1. The van der Waals surface area contributed by atoms with Crippen LogP contribution in [0.5, 0.6) is 0 Å². The molecule has 0 atom stereocenters. The molecule has 1 fully saturated rings. The minimum absolute atomic E-state index is 0.185. The van der Waals surface area contributed by atoms with E-state index < -0.39 is 0 Å². The van der Waals surface area contributed by atoms with E-state index in [9.17, 15) is 4.79 Å². The number of piperidine rings is 1. The molecule has 0 aromatic carbocycles. The summed E-state index contributed by atoms with van der Waals surface area (Å²) in [4.78, 5) is 18.0. The van der Waals surface area contributed by atoms with Gasteiger partial charge in [-0.05, 0) is 38.8 Å². The van der Waals surface area contributed by atoms with Gasteiger partial charge in [0, 0.05) is 13.5 Å². The van der Waals surface area contributed by atoms with Crippen LogP contribution in [0.4, 0.5) is 0 Å². The van der Waals surface area contributed by atoms with Crippen LogP contribution in [-0.4, -0.2) is 46.1 Å². The molecule has 2 heterocycles. The molecule has 1 saturated heterocycles. The average Bonchev–Trinajstić information content (AvgIpc) is 2.76. The summed E-state index contributed by atoms with van der Waals surface area (Å²) in [7, 11) is 1.81. The first kappa shape index (κ1) is 13.0. The van der Waals surface area contributed by atoms with Gasteiger partial charge in [0.15, 0.2) is 5.82 Å². The molecule has 6 heteroatoms. The van der Waals surface area contributed by atoms with Gasteiger partial charge < -0.3 is 10.2 Å². The largest absolute Gasteiger partial charge is 0.338 e. The van der Waals surface area contributed by atoms with Gasteiger partial charge in [-0.3, -0.25) is 9.89 Å². The molecule has 0 unspecified atom stereocenters. The molecule has 18 heavy (non-hydrogen) atoms. The number of nitrogens with one attached hydrogen (secondary N) is 2. The predicted molar refractivity (Wildman–Crippen MR) is 67.8 cm³/mol. The van der Waals surface area contributed by atoms with Gasteiger partial charge >= 0.3 is 0 Å². The molecule has 0 spiro atoms. The molecular formula is C12H21N5O. The summed E-state index contributed by atoms with van der Waals surface area (Å²) >= 11 is 0. The molecule has 2 N–H and O–H groups in total. The van der Waals surface area contributed by atoms with Gasteiger partial charge in [0.1, 0.15) is 5.82 Å². The Morgan fingerprint density at radius 2 is 2.17 bits per heavy atom. The second-order valence-electron chi connectivity index (χ2n) is 4.98. The number of nitrogens with zero attached hydrogens (tertiary/aromatic N) is 3. The Hall–Kier alpha value is -1.43. The van der Waals surface area contributed by atoms with Crippen molar-refractivity contribution in [3.05, 3.63) is 11.6 Å². The van der Waals surface area contributed by atoms with Gasteiger partial charge in [-0.25, -0.2) is 4.98 Å². The first-order chi connectivity index (χ1) is 8.65. The SMILES string of the molecule is Cc1nc(CN(C)C(=O)CC2CCNCC2)n[nH]1. The van der Waals surface area contributed by atoms with Crippen molar-refractivity contribution >= 4 is 5.91 Å². The maximum atomic E-state index is 12.1. The molecule has 6 nitrogen and oxygen atoms in total. The molecule has 1 aliphatic heterocycles. The zero-order valence-electron chi connectivity index (χ0n) is 11.1. The topological polar surface area (TPSA) is 73.9 Å². The smallest absolute Gasteiger partial charge is 0.222 e. The molecule has 1 aliphatic rings. The van der Waals surface area contributed by atoms with Crippen molar-refractivity contribution in [2.45, 2.75) is 32.7 Å². The summed E-state index contributed by atoms with van der Waals surface area (Å²) in [6.45, 7) is 4.39. The third kappa shape index (κ3) is 3.53. The van der Waals surface area contributed by atoms with Crippen molar-refractivity contribution < 1.29 is 4.79 Å². The summed E-state index contributed by atoms with van der Waals surface area (Å²) in [5.74, 6) is 2.16. The van der Waals surface area contributed by atoms with Gasteiger partial charge in [-0.15, -0.1) is 0 Å². The Bertz CT molecular complexity index is 397. The van der Waals surface area contributed by atoms with Gasteiger partial charge in [-0.2, -0.15) is 5.10 Å². The van der Waals surface area contributed by atoms with Crippen LogP contribution < -0.4 is 5.32 Å². The number of carbonyl (C=O) groups is 1. The van der Waals surface area contributed by atoms with E-state index in [4.69, 9.17) is 0 Å². The van der Waals surface area contributed by atoms with Crippen LogP contribution in [0.2, 0.25) is 0 Å². The van der Waals surface area contributed by atoms with E-state index >= 15 is 0 Å². The number of H-pyrrole nitrogens is 1.